The van der Waals surface area contributed by atoms with Gasteiger partial charge in [0.2, 0.25) is 0 Å². The number of nitrogens with one attached hydrogen (secondary N) is 1. The molecule has 0 aliphatic carbocycles. The van der Waals surface area contributed by atoms with Crippen molar-refractivity contribution in [2.24, 2.45) is 7.05 Å². The third kappa shape index (κ3) is 2.66. The van der Waals surface area contributed by atoms with Crippen LogP contribution in [0, 0.1) is 0 Å². The normalized spacial score (nSPS) is 26.3. The maximum Gasteiger partial charge on any atom is 0.146 e. The van der Waals surface area contributed by atoms with Crippen LogP contribution in [0.5, 0.6) is 0 Å². The molecular weight excluding hydrogens is 216 g/mol. The Morgan fingerprint density at radius 3 is 2.65 bits per heavy atom. The molecule has 0 spiro atoms. The maximum atomic E-state index is 6.04. The Bertz CT molecular complexity index is 397. The average Bonchev–Trinajstić information content (AvgIpc) is 2.64. The van der Waals surface area contributed by atoms with E-state index < -0.39 is 0 Å². The second kappa shape index (κ2) is 4.07. The van der Waals surface area contributed by atoms with E-state index in [1.165, 1.54) is 0 Å². The largest absolute Gasteiger partial charge is 0.368 e. The van der Waals surface area contributed by atoms with E-state index in [-0.39, 0.29) is 11.2 Å². The Hall–Kier alpha value is -0.940. The number of aromatic nitrogens is 3. The smallest absolute Gasteiger partial charge is 0.146 e. The molecular formula is C12H22N4O. The molecule has 0 radical (unpaired) electrons. The van der Waals surface area contributed by atoms with Crippen molar-refractivity contribution in [3.8, 4) is 0 Å². The van der Waals surface area contributed by atoms with Crippen LogP contribution in [-0.2, 0) is 18.3 Å². The summed E-state index contributed by atoms with van der Waals surface area (Å²) < 4.78 is 7.98. The van der Waals surface area contributed by atoms with Gasteiger partial charge in [-0.05, 0) is 34.1 Å². The summed E-state index contributed by atoms with van der Waals surface area (Å²) in [7, 11) is 1.96. The monoisotopic (exact) mass is 238 g/mol. The lowest BCUT2D eigenvalue weighted by Crippen LogP contribution is -2.43. The summed E-state index contributed by atoms with van der Waals surface area (Å²) in [6, 6.07) is 0.342. The van der Waals surface area contributed by atoms with E-state index in [1.54, 1.807) is 6.33 Å². The maximum absolute atomic E-state index is 6.04. The van der Waals surface area contributed by atoms with E-state index >= 15 is 0 Å². The van der Waals surface area contributed by atoms with Crippen LogP contribution < -0.4 is 5.32 Å². The summed E-state index contributed by atoms with van der Waals surface area (Å²) in [5, 5.41) is 11.5. The van der Waals surface area contributed by atoms with Gasteiger partial charge >= 0.3 is 0 Å². The zero-order chi connectivity index (χ0) is 12.7. The minimum atomic E-state index is -0.137. The van der Waals surface area contributed by atoms with Gasteiger partial charge in [0.15, 0.2) is 0 Å². The topological polar surface area (TPSA) is 52.0 Å². The minimum absolute atomic E-state index is 0.0545. The molecule has 0 aromatic carbocycles. The fourth-order valence-electron chi connectivity index (χ4n) is 2.56. The van der Waals surface area contributed by atoms with Crippen LogP contribution in [0.15, 0.2) is 6.33 Å². The number of aryl methyl sites for hydroxylation is 1. The number of nitrogens with zero attached hydrogens (tertiary/aromatic N) is 3. The zero-order valence-corrected chi connectivity index (χ0v) is 11.3. The summed E-state index contributed by atoms with van der Waals surface area (Å²) in [5.41, 5.74) is -0.191. The molecule has 1 aliphatic rings. The molecule has 96 valence electrons. The van der Waals surface area contributed by atoms with Gasteiger partial charge in [0.1, 0.15) is 12.2 Å². The number of hydrogen-bond donors (Lipinski definition) is 1. The van der Waals surface area contributed by atoms with Gasteiger partial charge in [-0.15, -0.1) is 10.2 Å². The fraction of sp³-hybridized carbons (Fsp3) is 0.833. The Morgan fingerprint density at radius 2 is 2.18 bits per heavy atom. The highest BCUT2D eigenvalue weighted by atomic mass is 16.5. The molecule has 0 bridgehead atoms. The van der Waals surface area contributed by atoms with Crippen molar-refractivity contribution in [1.82, 2.24) is 20.1 Å². The number of ether oxygens (including phenoxy) is 1. The van der Waals surface area contributed by atoms with Gasteiger partial charge in [0.25, 0.3) is 0 Å². The quantitative estimate of drug-likeness (QED) is 0.861. The van der Waals surface area contributed by atoms with Crippen LogP contribution in [0.25, 0.3) is 0 Å². The van der Waals surface area contributed by atoms with Gasteiger partial charge in [-0.1, -0.05) is 0 Å². The lowest BCUT2D eigenvalue weighted by molar-refractivity contribution is -0.0699. The highest BCUT2D eigenvalue weighted by Crippen LogP contribution is 2.37. The van der Waals surface area contributed by atoms with Crippen LogP contribution in [0.1, 0.15) is 39.9 Å². The van der Waals surface area contributed by atoms with Crippen LogP contribution in [0.2, 0.25) is 0 Å². The van der Waals surface area contributed by atoms with Gasteiger partial charge in [0, 0.05) is 13.1 Å². The third-order valence-corrected chi connectivity index (χ3v) is 3.39. The molecule has 0 amide bonds. The zero-order valence-electron chi connectivity index (χ0n) is 11.3. The predicted octanol–water partition coefficient (Wildman–Crippen LogP) is 1.25. The summed E-state index contributed by atoms with van der Waals surface area (Å²) in [5.74, 6) is 0.950. The van der Waals surface area contributed by atoms with Crippen LogP contribution >= 0.6 is 0 Å². The molecule has 0 saturated carbocycles. The van der Waals surface area contributed by atoms with E-state index in [2.05, 4.69) is 43.2 Å². The predicted molar refractivity (Wildman–Crippen MR) is 65.5 cm³/mol. The van der Waals surface area contributed by atoms with Crippen LogP contribution in [0.4, 0.5) is 0 Å². The van der Waals surface area contributed by atoms with Crippen LogP contribution in [0.3, 0.4) is 0 Å². The van der Waals surface area contributed by atoms with Crippen molar-refractivity contribution in [1.29, 1.82) is 0 Å². The van der Waals surface area contributed by atoms with Crippen molar-refractivity contribution in [3.05, 3.63) is 12.2 Å². The van der Waals surface area contributed by atoms with Crippen molar-refractivity contribution < 1.29 is 4.74 Å². The number of hydrogen-bond acceptors (Lipinski definition) is 4. The fourth-order valence-corrected chi connectivity index (χ4v) is 2.56. The molecule has 2 heterocycles. The molecule has 5 nitrogen and oxygen atoms in total. The van der Waals surface area contributed by atoms with Crippen molar-refractivity contribution in [3.63, 3.8) is 0 Å². The van der Waals surface area contributed by atoms with Gasteiger partial charge in [-0.3, -0.25) is 0 Å². The Labute approximate surface area is 103 Å². The van der Waals surface area contributed by atoms with E-state index in [4.69, 9.17) is 4.74 Å². The Kier molecular flexibility index (Phi) is 2.99. The molecule has 1 aromatic heterocycles. The highest BCUT2D eigenvalue weighted by Gasteiger charge is 2.45. The third-order valence-electron chi connectivity index (χ3n) is 3.39. The lowest BCUT2D eigenvalue weighted by atomic mass is 9.94. The molecule has 17 heavy (non-hydrogen) atoms. The molecule has 1 fully saturated rings. The van der Waals surface area contributed by atoms with Crippen molar-refractivity contribution >= 4 is 0 Å². The molecule has 1 aromatic rings. The van der Waals surface area contributed by atoms with Crippen LogP contribution in [-0.4, -0.2) is 32.0 Å². The second-order valence-electron chi connectivity index (χ2n) is 5.96. The Morgan fingerprint density at radius 1 is 1.47 bits per heavy atom. The molecule has 1 unspecified atom stereocenters. The molecule has 5 heteroatoms. The molecule has 1 N–H and O–H groups in total. The summed E-state index contributed by atoms with van der Waals surface area (Å²) in [4.78, 5) is 0. The van der Waals surface area contributed by atoms with E-state index in [1.807, 2.05) is 11.6 Å². The molecule has 1 saturated heterocycles. The first-order valence-electron chi connectivity index (χ1n) is 6.07. The summed E-state index contributed by atoms with van der Waals surface area (Å²) in [6.45, 7) is 9.27. The van der Waals surface area contributed by atoms with E-state index in [0.29, 0.717) is 6.04 Å². The first-order valence-corrected chi connectivity index (χ1v) is 6.07. The number of rotatable bonds is 3. The van der Waals surface area contributed by atoms with Gasteiger partial charge in [0.05, 0.1) is 17.7 Å². The minimum Gasteiger partial charge on any atom is -0.368 e. The van der Waals surface area contributed by atoms with Gasteiger partial charge in [-0.25, -0.2) is 0 Å². The van der Waals surface area contributed by atoms with E-state index in [0.717, 1.165) is 18.8 Å². The van der Waals surface area contributed by atoms with Gasteiger partial charge < -0.3 is 14.6 Å². The second-order valence-corrected chi connectivity index (χ2v) is 5.96. The van der Waals surface area contributed by atoms with Crippen molar-refractivity contribution in [2.45, 2.75) is 57.9 Å². The molecule has 1 atom stereocenters. The lowest BCUT2D eigenvalue weighted by Gasteiger charge is -2.27. The molecule has 1 aliphatic heterocycles. The summed E-state index contributed by atoms with van der Waals surface area (Å²) in [6.07, 6.45) is 2.73. The van der Waals surface area contributed by atoms with Crippen molar-refractivity contribution in [2.75, 3.05) is 0 Å². The van der Waals surface area contributed by atoms with Gasteiger partial charge in [-0.2, -0.15) is 0 Å². The summed E-state index contributed by atoms with van der Waals surface area (Å²) >= 11 is 0. The Balaban J connectivity index is 1.98. The van der Waals surface area contributed by atoms with E-state index in [9.17, 15) is 0 Å². The average molecular weight is 238 g/mol. The standard InChI is InChI=1S/C12H22N4O/c1-11(2)6-9(12(3,4)17-11)13-7-10-15-14-8-16(10)5/h8-9,13H,6-7H2,1-5H3. The molecule has 2 rings (SSSR count). The SMILES string of the molecule is Cn1cnnc1CNC1CC(C)(C)OC1(C)C. The first kappa shape index (κ1) is 12.5. The first-order chi connectivity index (χ1) is 7.80. The highest BCUT2D eigenvalue weighted by molar-refractivity contribution is 4.99.